The molecule has 0 radical (unpaired) electrons. The highest BCUT2D eigenvalue weighted by molar-refractivity contribution is 5.88. The van der Waals surface area contributed by atoms with E-state index in [1.54, 1.807) is 12.2 Å². The second kappa shape index (κ2) is 12.4. The van der Waals surface area contributed by atoms with E-state index in [2.05, 4.69) is 80.8 Å². The predicted molar refractivity (Wildman–Crippen MR) is 177 cm³/mol. The molecule has 0 aliphatic carbocycles. The van der Waals surface area contributed by atoms with E-state index in [1.807, 2.05) is 48.5 Å². The van der Waals surface area contributed by atoms with E-state index >= 15 is 0 Å². The maximum absolute atomic E-state index is 11.1. The Kier molecular flexibility index (Phi) is 8.45. The van der Waals surface area contributed by atoms with Gasteiger partial charge in [0.15, 0.2) is 0 Å². The SMILES string of the molecule is Cc1ccc(-c2nc(-c3ccc(/C=C/C(=O)O)cc3)c(-c3ccc(/C=C/C(=O)O)cc3)n2-c2ccc(C(C)(C)C)cc2)cc1. The van der Waals surface area contributed by atoms with Gasteiger partial charge in [0.05, 0.1) is 11.4 Å². The van der Waals surface area contributed by atoms with Gasteiger partial charge in [0.25, 0.3) is 0 Å². The van der Waals surface area contributed by atoms with Gasteiger partial charge in [-0.3, -0.25) is 4.57 Å². The van der Waals surface area contributed by atoms with Crippen LogP contribution in [-0.4, -0.2) is 31.7 Å². The number of carboxylic acids is 2. The zero-order valence-electron chi connectivity index (χ0n) is 25.2. The number of benzene rings is 4. The maximum Gasteiger partial charge on any atom is 0.328 e. The minimum absolute atomic E-state index is 0.00260. The number of aromatic nitrogens is 2. The van der Waals surface area contributed by atoms with Gasteiger partial charge in [-0.25, -0.2) is 14.6 Å². The summed E-state index contributed by atoms with van der Waals surface area (Å²) in [6.45, 7) is 8.63. The zero-order valence-corrected chi connectivity index (χ0v) is 25.2. The lowest BCUT2D eigenvalue weighted by atomic mass is 9.87. The van der Waals surface area contributed by atoms with E-state index < -0.39 is 11.9 Å². The number of hydrogen-bond donors (Lipinski definition) is 2. The topological polar surface area (TPSA) is 92.4 Å². The highest BCUT2D eigenvalue weighted by Gasteiger charge is 2.23. The smallest absolute Gasteiger partial charge is 0.328 e. The number of aryl methyl sites for hydroxylation is 1. The molecule has 0 fully saturated rings. The van der Waals surface area contributed by atoms with Crippen LogP contribution in [0, 0.1) is 6.92 Å². The van der Waals surface area contributed by atoms with E-state index in [0.717, 1.165) is 68.4 Å². The molecule has 0 aliphatic heterocycles. The molecule has 0 spiro atoms. The molecule has 4 aromatic carbocycles. The third-order valence-corrected chi connectivity index (χ3v) is 7.38. The van der Waals surface area contributed by atoms with Gasteiger partial charge in [-0.05, 0) is 53.3 Å². The normalized spacial score (nSPS) is 11.8. The summed E-state index contributed by atoms with van der Waals surface area (Å²) in [5, 5.41) is 18.1. The van der Waals surface area contributed by atoms with E-state index in [1.165, 1.54) is 5.56 Å². The molecule has 220 valence electrons. The molecule has 0 amide bonds. The molecule has 2 N–H and O–H groups in total. The number of aliphatic carboxylic acids is 2. The third-order valence-electron chi connectivity index (χ3n) is 7.38. The summed E-state index contributed by atoms with van der Waals surface area (Å²) in [4.78, 5) is 27.4. The second-order valence-corrected chi connectivity index (χ2v) is 11.7. The summed E-state index contributed by atoms with van der Waals surface area (Å²) in [7, 11) is 0. The molecule has 1 heterocycles. The fourth-order valence-electron chi connectivity index (χ4n) is 4.99. The fourth-order valence-corrected chi connectivity index (χ4v) is 4.99. The van der Waals surface area contributed by atoms with Gasteiger partial charge in [0.1, 0.15) is 5.82 Å². The summed E-state index contributed by atoms with van der Waals surface area (Å²) in [6, 6.07) is 32.2. The van der Waals surface area contributed by atoms with Gasteiger partial charge in [0.2, 0.25) is 0 Å². The molecule has 0 bridgehead atoms. The van der Waals surface area contributed by atoms with E-state index in [9.17, 15) is 9.59 Å². The highest BCUT2D eigenvalue weighted by Crippen LogP contribution is 2.39. The summed E-state index contributed by atoms with van der Waals surface area (Å²) < 4.78 is 2.17. The number of rotatable bonds is 8. The monoisotopic (exact) mass is 582 g/mol. The first kappa shape index (κ1) is 30.0. The zero-order chi connectivity index (χ0) is 31.4. The highest BCUT2D eigenvalue weighted by atomic mass is 16.4. The molecular formula is C38H34N2O4. The minimum Gasteiger partial charge on any atom is -0.478 e. The number of imidazole rings is 1. The van der Waals surface area contributed by atoms with Gasteiger partial charge in [-0.15, -0.1) is 0 Å². The van der Waals surface area contributed by atoms with Crippen molar-refractivity contribution in [2.45, 2.75) is 33.1 Å². The van der Waals surface area contributed by atoms with Crippen LogP contribution in [0.3, 0.4) is 0 Å². The maximum atomic E-state index is 11.1. The quantitative estimate of drug-likeness (QED) is 0.179. The lowest BCUT2D eigenvalue weighted by molar-refractivity contribution is -0.132. The molecule has 5 rings (SSSR count). The lowest BCUT2D eigenvalue weighted by Gasteiger charge is -2.20. The van der Waals surface area contributed by atoms with Gasteiger partial charge in [0, 0.05) is 34.5 Å². The molecule has 44 heavy (non-hydrogen) atoms. The first-order valence-corrected chi connectivity index (χ1v) is 14.3. The Morgan fingerprint density at radius 3 is 1.61 bits per heavy atom. The second-order valence-electron chi connectivity index (χ2n) is 11.7. The third kappa shape index (κ3) is 6.76. The van der Waals surface area contributed by atoms with Crippen LogP contribution in [0.15, 0.2) is 109 Å². The van der Waals surface area contributed by atoms with Gasteiger partial charge in [-0.1, -0.05) is 111 Å². The van der Waals surface area contributed by atoms with Crippen molar-refractivity contribution in [3.8, 4) is 39.6 Å². The Morgan fingerprint density at radius 2 is 1.14 bits per heavy atom. The van der Waals surface area contributed by atoms with Crippen molar-refractivity contribution >= 4 is 24.1 Å². The molecule has 6 heteroatoms. The Morgan fingerprint density at radius 1 is 0.659 bits per heavy atom. The molecule has 0 unspecified atom stereocenters. The lowest BCUT2D eigenvalue weighted by Crippen LogP contribution is -2.11. The Hall–Kier alpha value is -5.49. The van der Waals surface area contributed by atoms with Crippen LogP contribution in [0.2, 0.25) is 0 Å². The Bertz CT molecular complexity index is 1850. The van der Waals surface area contributed by atoms with Crippen molar-refractivity contribution in [2.75, 3.05) is 0 Å². The summed E-state index contributed by atoms with van der Waals surface area (Å²) in [6.07, 6.45) is 5.36. The van der Waals surface area contributed by atoms with Crippen LogP contribution < -0.4 is 0 Å². The van der Waals surface area contributed by atoms with E-state index in [4.69, 9.17) is 15.2 Å². The Labute approximate surface area is 257 Å². The Balaban J connectivity index is 1.77. The van der Waals surface area contributed by atoms with Crippen molar-refractivity contribution in [2.24, 2.45) is 0 Å². The van der Waals surface area contributed by atoms with Crippen molar-refractivity contribution in [1.82, 2.24) is 9.55 Å². The van der Waals surface area contributed by atoms with E-state index in [-0.39, 0.29) is 5.41 Å². The predicted octanol–water partition coefficient (Wildman–Crippen LogP) is 8.67. The fraction of sp³-hybridized carbons (Fsp3) is 0.132. The summed E-state index contributed by atoms with van der Waals surface area (Å²) in [5.74, 6) is -1.22. The molecule has 1 aromatic heterocycles. The largest absolute Gasteiger partial charge is 0.478 e. The van der Waals surface area contributed by atoms with Crippen molar-refractivity contribution in [3.63, 3.8) is 0 Å². The average Bonchev–Trinajstić information content (AvgIpc) is 3.40. The van der Waals surface area contributed by atoms with Gasteiger partial charge in [-0.2, -0.15) is 0 Å². The summed E-state index contributed by atoms with van der Waals surface area (Å²) in [5.41, 5.74) is 9.26. The van der Waals surface area contributed by atoms with Crippen LogP contribution >= 0.6 is 0 Å². The molecular weight excluding hydrogens is 548 g/mol. The van der Waals surface area contributed by atoms with Crippen LogP contribution in [0.4, 0.5) is 0 Å². The number of hydrogen-bond acceptors (Lipinski definition) is 3. The number of carbonyl (C=O) groups is 2. The molecule has 0 aliphatic rings. The molecule has 6 nitrogen and oxygen atoms in total. The number of nitrogens with zero attached hydrogens (tertiary/aromatic N) is 2. The van der Waals surface area contributed by atoms with Crippen LogP contribution in [0.25, 0.3) is 51.7 Å². The van der Waals surface area contributed by atoms with Crippen molar-refractivity contribution in [3.05, 3.63) is 131 Å². The summed E-state index contributed by atoms with van der Waals surface area (Å²) >= 11 is 0. The van der Waals surface area contributed by atoms with Crippen LogP contribution in [0.1, 0.15) is 43.0 Å². The van der Waals surface area contributed by atoms with Gasteiger partial charge >= 0.3 is 11.9 Å². The average molecular weight is 583 g/mol. The standard InChI is InChI=1S/C38H34N2O4/c1-25-5-13-30(14-6-25)37-39-35(28-15-7-26(8-16-28)11-23-33(41)42)36(29-17-9-27(10-18-29)12-24-34(43)44)40(37)32-21-19-31(20-22-32)38(2,3)4/h5-24H,1-4H3,(H,41,42)(H,43,44)/b23-11+,24-12+. The van der Waals surface area contributed by atoms with Gasteiger partial charge < -0.3 is 10.2 Å². The molecule has 0 atom stereocenters. The molecule has 0 saturated heterocycles. The first-order chi connectivity index (χ1) is 21.0. The van der Waals surface area contributed by atoms with Crippen molar-refractivity contribution in [1.29, 1.82) is 0 Å². The molecule has 0 saturated carbocycles. The van der Waals surface area contributed by atoms with Crippen LogP contribution in [0.5, 0.6) is 0 Å². The number of carboxylic acid groups (broad SMARTS) is 2. The molecule has 5 aromatic rings. The first-order valence-electron chi connectivity index (χ1n) is 14.3. The van der Waals surface area contributed by atoms with Crippen LogP contribution in [-0.2, 0) is 15.0 Å². The minimum atomic E-state index is -1.00. The van der Waals surface area contributed by atoms with E-state index in [0.29, 0.717) is 0 Å². The van der Waals surface area contributed by atoms with Crippen molar-refractivity contribution < 1.29 is 19.8 Å².